The molecular weight excluding hydrogens is 172 g/mol. The molecule has 0 spiro atoms. The first-order valence-corrected chi connectivity index (χ1v) is 5.22. The van der Waals surface area contributed by atoms with Gasteiger partial charge in [0.1, 0.15) is 0 Å². The highest BCUT2D eigenvalue weighted by Gasteiger charge is 2.30. The van der Waals surface area contributed by atoms with Crippen molar-refractivity contribution in [3.05, 3.63) is 28.8 Å². The predicted octanol–water partition coefficient (Wildman–Crippen LogP) is 2.30. The number of nitrogen functional groups attached to an aromatic ring is 1. The number of hydrogen-bond donors (Lipinski definition) is 2. The number of anilines is 1. The fraction of sp³-hybridized carbons (Fsp3) is 0.500. The molecule has 76 valence electrons. The summed E-state index contributed by atoms with van der Waals surface area (Å²) in [7, 11) is 0. The maximum Gasteiger partial charge on any atom is 0.0346 e. The van der Waals surface area contributed by atoms with Gasteiger partial charge in [-0.25, -0.2) is 0 Å². The van der Waals surface area contributed by atoms with Crippen molar-refractivity contribution >= 4 is 5.69 Å². The minimum atomic E-state index is 0.217. The Morgan fingerprint density at radius 3 is 2.43 bits per heavy atom. The van der Waals surface area contributed by atoms with Crippen LogP contribution in [0.1, 0.15) is 35.6 Å². The molecule has 0 aliphatic heterocycles. The first-order valence-electron chi connectivity index (χ1n) is 5.22. The van der Waals surface area contributed by atoms with E-state index in [1.165, 1.54) is 24.0 Å². The molecule has 1 aromatic carbocycles. The molecule has 1 saturated carbocycles. The molecule has 0 unspecified atom stereocenters. The standard InChI is InChI=1S/C12H18N2/c1-7-6-11(13)8(2)5-10(7)12(14)9-3-4-9/h5-6,9,12H,3-4,13-14H2,1-2H3/t12-/m1/s1. The first kappa shape index (κ1) is 9.53. The molecule has 0 saturated heterocycles. The molecule has 1 aromatic rings. The Balaban J connectivity index is 2.36. The van der Waals surface area contributed by atoms with Gasteiger partial charge in [-0.3, -0.25) is 0 Å². The van der Waals surface area contributed by atoms with Crippen LogP contribution < -0.4 is 11.5 Å². The Morgan fingerprint density at radius 1 is 1.21 bits per heavy atom. The van der Waals surface area contributed by atoms with Crippen LogP contribution in [-0.2, 0) is 0 Å². The van der Waals surface area contributed by atoms with Gasteiger partial charge in [0, 0.05) is 11.7 Å². The van der Waals surface area contributed by atoms with Gasteiger partial charge >= 0.3 is 0 Å². The molecule has 0 bridgehead atoms. The van der Waals surface area contributed by atoms with E-state index < -0.39 is 0 Å². The van der Waals surface area contributed by atoms with Crippen molar-refractivity contribution in [1.29, 1.82) is 0 Å². The zero-order valence-corrected chi connectivity index (χ0v) is 8.88. The van der Waals surface area contributed by atoms with Crippen LogP contribution in [0.4, 0.5) is 5.69 Å². The molecule has 2 rings (SSSR count). The third-order valence-corrected chi connectivity index (χ3v) is 3.14. The van der Waals surface area contributed by atoms with Crippen molar-refractivity contribution in [2.45, 2.75) is 32.7 Å². The summed E-state index contributed by atoms with van der Waals surface area (Å²) >= 11 is 0. The Morgan fingerprint density at radius 2 is 1.86 bits per heavy atom. The molecule has 14 heavy (non-hydrogen) atoms. The summed E-state index contributed by atoms with van der Waals surface area (Å²) in [6, 6.07) is 4.40. The Labute approximate surface area is 85.3 Å². The van der Waals surface area contributed by atoms with Gasteiger partial charge in [0.25, 0.3) is 0 Å². The van der Waals surface area contributed by atoms with Gasteiger partial charge in [0.15, 0.2) is 0 Å². The van der Waals surface area contributed by atoms with Gasteiger partial charge in [-0.2, -0.15) is 0 Å². The molecule has 0 radical (unpaired) electrons. The van der Waals surface area contributed by atoms with E-state index >= 15 is 0 Å². The van der Waals surface area contributed by atoms with E-state index in [1.54, 1.807) is 0 Å². The number of hydrogen-bond acceptors (Lipinski definition) is 2. The molecule has 0 amide bonds. The molecule has 1 aliphatic rings. The number of nitrogens with two attached hydrogens (primary N) is 2. The number of rotatable bonds is 2. The zero-order valence-electron chi connectivity index (χ0n) is 8.88. The van der Waals surface area contributed by atoms with Gasteiger partial charge in [0.2, 0.25) is 0 Å². The number of aryl methyl sites for hydroxylation is 2. The van der Waals surface area contributed by atoms with Gasteiger partial charge in [-0.05, 0) is 55.4 Å². The van der Waals surface area contributed by atoms with E-state index in [0.29, 0.717) is 5.92 Å². The summed E-state index contributed by atoms with van der Waals surface area (Å²) in [6.45, 7) is 4.13. The van der Waals surface area contributed by atoms with Crippen LogP contribution >= 0.6 is 0 Å². The average Bonchev–Trinajstić information content (AvgIpc) is 2.93. The molecule has 1 atom stereocenters. The normalized spacial score (nSPS) is 18.2. The molecule has 0 aromatic heterocycles. The number of benzene rings is 1. The fourth-order valence-corrected chi connectivity index (χ4v) is 1.93. The molecule has 2 nitrogen and oxygen atoms in total. The van der Waals surface area contributed by atoms with Crippen molar-refractivity contribution in [2.24, 2.45) is 11.7 Å². The van der Waals surface area contributed by atoms with Crippen molar-refractivity contribution in [3.8, 4) is 0 Å². The summed E-state index contributed by atoms with van der Waals surface area (Å²) < 4.78 is 0. The second-order valence-corrected chi connectivity index (χ2v) is 4.43. The molecule has 1 fully saturated rings. The molecular formula is C12H18N2. The van der Waals surface area contributed by atoms with Crippen LogP contribution in [-0.4, -0.2) is 0 Å². The van der Waals surface area contributed by atoms with E-state index in [1.807, 2.05) is 13.0 Å². The topological polar surface area (TPSA) is 52.0 Å². The lowest BCUT2D eigenvalue weighted by atomic mass is 9.95. The maximum atomic E-state index is 6.18. The Bertz CT molecular complexity index is 354. The quantitative estimate of drug-likeness (QED) is 0.703. The second-order valence-electron chi connectivity index (χ2n) is 4.43. The fourth-order valence-electron chi connectivity index (χ4n) is 1.93. The monoisotopic (exact) mass is 190 g/mol. The lowest BCUT2D eigenvalue weighted by molar-refractivity contribution is 0.629. The van der Waals surface area contributed by atoms with Crippen LogP contribution in [0.3, 0.4) is 0 Å². The smallest absolute Gasteiger partial charge is 0.0346 e. The van der Waals surface area contributed by atoms with E-state index in [9.17, 15) is 0 Å². The molecule has 1 aliphatic carbocycles. The Kier molecular flexibility index (Phi) is 2.23. The minimum Gasteiger partial charge on any atom is -0.399 e. The van der Waals surface area contributed by atoms with Gasteiger partial charge < -0.3 is 11.5 Å². The van der Waals surface area contributed by atoms with Gasteiger partial charge in [-0.15, -0.1) is 0 Å². The van der Waals surface area contributed by atoms with E-state index in [0.717, 1.165) is 11.3 Å². The lowest BCUT2D eigenvalue weighted by Crippen LogP contribution is -2.14. The average molecular weight is 190 g/mol. The molecule has 4 N–H and O–H groups in total. The van der Waals surface area contributed by atoms with E-state index in [-0.39, 0.29) is 6.04 Å². The minimum absolute atomic E-state index is 0.217. The maximum absolute atomic E-state index is 6.18. The van der Waals surface area contributed by atoms with Crippen molar-refractivity contribution in [3.63, 3.8) is 0 Å². The van der Waals surface area contributed by atoms with Crippen LogP contribution in [0.5, 0.6) is 0 Å². The summed E-state index contributed by atoms with van der Waals surface area (Å²) in [4.78, 5) is 0. The summed E-state index contributed by atoms with van der Waals surface area (Å²) in [6.07, 6.45) is 2.56. The summed E-state index contributed by atoms with van der Waals surface area (Å²) in [5.41, 5.74) is 16.5. The highest BCUT2D eigenvalue weighted by atomic mass is 14.7. The van der Waals surface area contributed by atoms with Gasteiger partial charge in [0.05, 0.1) is 0 Å². The summed E-state index contributed by atoms with van der Waals surface area (Å²) in [5.74, 6) is 0.705. The Hall–Kier alpha value is -1.02. The largest absolute Gasteiger partial charge is 0.399 e. The van der Waals surface area contributed by atoms with Crippen LogP contribution in [0.15, 0.2) is 12.1 Å². The van der Waals surface area contributed by atoms with Crippen molar-refractivity contribution in [1.82, 2.24) is 0 Å². The second kappa shape index (κ2) is 3.28. The zero-order chi connectivity index (χ0) is 10.3. The van der Waals surface area contributed by atoms with E-state index in [2.05, 4.69) is 13.0 Å². The van der Waals surface area contributed by atoms with Crippen LogP contribution in [0.25, 0.3) is 0 Å². The molecule has 0 heterocycles. The summed E-state index contributed by atoms with van der Waals surface area (Å²) in [5, 5.41) is 0. The lowest BCUT2D eigenvalue weighted by Gasteiger charge is -2.15. The van der Waals surface area contributed by atoms with Crippen molar-refractivity contribution < 1.29 is 0 Å². The predicted molar refractivity (Wildman–Crippen MR) is 60.0 cm³/mol. The highest BCUT2D eigenvalue weighted by Crippen LogP contribution is 2.40. The van der Waals surface area contributed by atoms with Crippen LogP contribution in [0, 0.1) is 19.8 Å². The molecule has 2 heteroatoms. The first-order chi connectivity index (χ1) is 6.59. The SMILES string of the molecule is Cc1cc([C@H](N)C2CC2)c(C)cc1N. The van der Waals surface area contributed by atoms with Gasteiger partial charge in [-0.1, -0.05) is 6.07 Å². The highest BCUT2D eigenvalue weighted by molar-refractivity contribution is 5.52. The van der Waals surface area contributed by atoms with Crippen molar-refractivity contribution in [2.75, 3.05) is 5.73 Å². The van der Waals surface area contributed by atoms with E-state index in [4.69, 9.17) is 11.5 Å². The third kappa shape index (κ3) is 1.62. The van der Waals surface area contributed by atoms with Crippen LogP contribution in [0.2, 0.25) is 0 Å². The third-order valence-electron chi connectivity index (χ3n) is 3.14.